The Hall–Kier alpha value is -3.37. The third kappa shape index (κ3) is 6.33. The van der Waals surface area contributed by atoms with Crippen molar-refractivity contribution in [2.24, 2.45) is 0 Å². The summed E-state index contributed by atoms with van der Waals surface area (Å²) >= 11 is 0. The van der Waals surface area contributed by atoms with Crippen LogP contribution in [0.2, 0.25) is 0 Å². The topological polar surface area (TPSA) is 117 Å². The monoisotopic (exact) mass is 466 g/mol. The molecule has 1 amide bonds. The molecule has 172 valence electrons. The Morgan fingerprint density at radius 2 is 1.97 bits per heavy atom. The van der Waals surface area contributed by atoms with Crippen molar-refractivity contribution in [2.45, 2.75) is 31.5 Å². The zero-order valence-electron chi connectivity index (χ0n) is 18.3. The van der Waals surface area contributed by atoms with Gasteiger partial charge >= 0.3 is 0 Å². The number of piperidine rings is 1. The number of nitrogens with zero attached hydrogens (tertiary/aromatic N) is 4. The Labute approximate surface area is 193 Å². The van der Waals surface area contributed by atoms with Crippen molar-refractivity contribution in [3.8, 4) is 0 Å². The van der Waals surface area contributed by atoms with Gasteiger partial charge in [0.25, 0.3) is 5.91 Å². The molecule has 0 bridgehead atoms. The van der Waals surface area contributed by atoms with E-state index in [1.165, 1.54) is 18.7 Å². The van der Waals surface area contributed by atoms with E-state index in [9.17, 15) is 13.2 Å². The maximum Gasteiger partial charge on any atom is 0.254 e. The minimum atomic E-state index is -3.39. The molecule has 0 radical (unpaired) electrons. The van der Waals surface area contributed by atoms with Crippen LogP contribution in [0.4, 0.5) is 5.69 Å². The highest BCUT2D eigenvalue weighted by atomic mass is 32.2. The van der Waals surface area contributed by atoms with E-state index in [2.05, 4.69) is 29.9 Å². The average Bonchev–Trinajstić information content (AvgIpc) is 2.80. The predicted molar refractivity (Wildman–Crippen MR) is 125 cm³/mol. The molecule has 1 saturated heterocycles. The Kier molecular flexibility index (Phi) is 6.95. The van der Waals surface area contributed by atoms with Gasteiger partial charge in [-0.1, -0.05) is 18.2 Å². The molecule has 2 unspecified atom stereocenters. The molecule has 10 heteroatoms. The number of hydrogen-bond acceptors (Lipinski definition) is 7. The molecule has 0 aliphatic carbocycles. The number of hydrogen-bond donors (Lipinski definition) is 2. The molecule has 0 spiro atoms. The lowest BCUT2D eigenvalue weighted by Gasteiger charge is -2.40. The van der Waals surface area contributed by atoms with Crippen LogP contribution in [-0.4, -0.2) is 53.0 Å². The maximum absolute atomic E-state index is 12.6. The van der Waals surface area contributed by atoms with Crippen LogP contribution in [0, 0.1) is 0 Å². The Morgan fingerprint density at radius 1 is 1.15 bits per heavy atom. The number of likely N-dealkylation sites (tertiary alicyclic amines) is 1. The molecule has 2 atom stereocenters. The number of benzene rings is 1. The lowest BCUT2D eigenvalue weighted by atomic mass is 9.91. The Morgan fingerprint density at radius 3 is 2.70 bits per heavy atom. The number of rotatable bonds is 7. The van der Waals surface area contributed by atoms with Gasteiger partial charge in [0.15, 0.2) is 0 Å². The van der Waals surface area contributed by atoms with E-state index in [0.29, 0.717) is 24.2 Å². The van der Waals surface area contributed by atoms with Gasteiger partial charge in [-0.3, -0.25) is 19.4 Å². The highest BCUT2D eigenvalue weighted by Crippen LogP contribution is 2.33. The van der Waals surface area contributed by atoms with Crippen LogP contribution in [-0.2, 0) is 16.6 Å². The highest BCUT2D eigenvalue weighted by molar-refractivity contribution is 7.92. The van der Waals surface area contributed by atoms with Crippen LogP contribution in [0.5, 0.6) is 0 Å². The molecule has 33 heavy (non-hydrogen) atoms. The van der Waals surface area contributed by atoms with E-state index in [-0.39, 0.29) is 18.0 Å². The summed E-state index contributed by atoms with van der Waals surface area (Å²) in [6, 6.07) is 13.2. The fourth-order valence-electron chi connectivity index (χ4n) is 4.09. The average molecular weight is 467 g/mol. The van der Waals surface area contributed by atoms with Gasteiger partial charge in [-0.25, -0.2) is 18.4 Å². The largest absolute Gasteiger partial charge is 0.349 e. The summed E-state index contributed by atoms with van der Waals surface area (Å²) < 4.78 is 26.0. The Bertz CT molecular complexity index is 1190. The maximum atomic E-state index is 12.6. The predicted octanol–water partition coefficient (Wildman–Crippen LogP) is 2.38. The summed E-state index contributed by atoms with van der Waals surface area (Å²) in [7, 11) is -3.39. The smallest absolute Gasteiger partial charge is 0.254 e. The van der Waals surface area contributed by atoms with E-state index in [4.69, 9.17) is 0 Å². The van der Waals surface area contributed by atoms with Crippen LogP contribution in [0.25, 0.3) is 0 Å². The summed E-state index contributed by atoms with van der Waals surface area (Å²) in [5.41, 5.74) is 2.86. The van der Waals surface area contributed by atoms with E-state index >= 15 is 0 Å². The SMILES string of the molecule is CS(=O)(=O)Nc1cccc(C2CC(NC(=O)c3cncnc3)CCN2Cc2ccccn2)c1. The second-order valence-electron chi connectivity index (χ2n) is 8.13. The van der Waals surface area contributed by atoms with E-state index in [1.54, 1.807) is 12.3 Å². The molecule has 1 aromatic carbocycles. The number of pyridine rings is 1. The molecule has 2 N–H and O–H groups in total. The van der Waals surface area contributed by atoms with Crippen LogP contribution in [0.1, 0.15) is 40.5 Å². The van der Waals surface area contributed by atoms with Crippen LogP contribution < -0.4 is 10.0 Å². The number of aromatic nitrogens is 3. The minimum Gasteiger partial charge on any atom is -0.349 e. The zero-order valence-corrected chi connectivity index (χ0v) is 19.1. The van der Waals surface area contributed by atoms with E-state index < -0.39 is 10.0 Å². The quantitative estimate of drug-likeness (QED) is 0.549. The second-order valence-corrected chi connectivity index (χ2v) is 9.88. The number of amides is 1. The summed E-state index contributed by atoms with van der Waals surface area (Å²) in [4.78, 5) is 27.3. The van der Waals surface area contributed by atoms with Gasteiger partial charge in [-0.05, 0) is 42.7 Å². The summed E-state index contributed by atoms with van der Waals surface area (Å²) in [5, 5.41) is 3.10. The number of nitrogens with one attached hydrogen (secondary N) is 2. The van der Waals surface area contributed by atoms with Crippen molar-refractivity contribution in [1.82, 2.24) is 25.2 Å². The van der Waals surface area contributed by atoms with Gasteiger partial charge in [0.1, 0.15) is 6.33 Å². The normalized spacial score (nSPS) is 19.1. The molecular formula is C23H26N6O3S. The Balaban J connectivity index is 1.56. The van der Waals surface area contributed by atoms with Gasteiger partial charge in [0.2, 0.25) is 10.0 Å². The first-order chi connectivity index (χ1) is 15.9. The van der Waals surface area contributed by atoms with Crippen molar-refractivity contribution in [2.75, 3.05) is 17.5 Å². The highest BCUT2D eigenvalue weighted by Gasteiger charge is 2.31. The molecule has 1 aliphatic rings. The van der Waals surface area contributed by atoms with E-state index in [1.807, 2.05) is 36.4 Å². The van der Waals surface area contributed by atoms with Gasteiger partial charge in [0.05, 0.1) is 17.5 Å². The molecule has 0 saturated carbocycles. The van der Waals surface area contributed by atoms with Crippen molar-refractivity contribution in [3.05, 3.63) is 84.2 Å². The number of carbonyl (C=O) groups excluding carboxylic acids is 1. The molecular weight excluding hydrogens is 440 g/mol. The fourth-order valence-corrected chi connectivity index (χ4v) is 4.64. The van der Waals surface area contributed by atoms with Gasteiger partial charge in [0, 0.05) is 49.5 Å². The van der Waals surface area contributed by atoms with Crippen molar-refractivity contribution in [3.63, 3.8) is 0 Å². The minimum absolute atomic E-state index is 0.0283. The van der Waals surface area contributed by atoms with Gasteiger partial charge in [-0.2, -0.15) is 0 Å². The first kappa shape index (κ1) is 22.8. The lowest BCUT2D eigenvalue weighted by Crippen LogP contribution is -2.46. The molecule has 2 aromatic heterocycles. The molecule has 1 aliphatic heterocycles. The van der Waals surface area contributed by atoms with Crippen molar-refractivity contribution in [1.29, 1.82) is 0 Å². The summed E-state index contributed by atoms with van der Waals surface area (Å²) in [5.74, 6) is -0.204. The molecule has 3 heterocycles. The van der Waals surface area contributed by atoms with Crippen LogP contribution >= 0.6 is 0 Å². The fraction of sp³-hybridized carbons (Fsp3) is 0.304. The number of anilines is 1. The summed E-state index contributed by atoms with van der Waals surface area (Å²) in [6.45, 7) is 1.41. The second kappa shape index (κ2) is 10.1. The molecule has 4 rings (SSSR count). The molecule has 1 fully saturated rings. The summed E-state index contributed by atoms with van der Waals surface area (Å²) in [6.07, 6.45) is 8.74. The van der Waals surface area contributed by atoms with Crippen molar-refractivity contribution >= 4 is 21.6 Å². The number of carbonyl (C=O) groups is 1. The van der Waals surface area contributed by atoms with Gasteiger partial charge < -0.3 is 5.32 Å². The third-order valence-electron chi connectivity index (χ3n) is 5.54. The van der Waals surface area contributed by atoms with Crippen molar-refractivity contribution < 1.29 is 13.2 Å². The van der Waals surface area contributed by atoms with E-state index in [0.717, 1.165) is 30.5 Å². The lowest BCUT2D eigenvalue weighted by molar-refractivity contribution is 0.0842. The first-order valence-electron chi connectivity index (χ1n) is 10.6. The molecule has 9 nitrogen and oxygen atoms in total. The molecule has 3 aromatic rings. The van der Waals surface area contributed by atoms with Crippen LogP contribution in [0.15, 0.2) is 67.4 Å². The van der Waals surface area contributed by atoms with Gasteiger partial charge in [-0.15, -0.1) is 0 Å². The van der Waals surface area contributed by atoms with Crippen LogP contribution in [0.3, 0.4) is 0 Å². The standard InChI is InChI=1S/C23H26N6O3S/c1-33(31,32)28-20-7-4-5-17(11-20)22-12-19(27-23(30)18-13-24-16-25-14-18)8-10-29(22)15-21-6-2-3-9-26-21/h2-7,9,11,13-14,16,19,22,28H,8,10,12,15H2,1H3,(H,27,30). The number of sulfonamides is 1. The zero-order chi connectivity index (χ0) is 23.3. The third-order valence-corrected chi connectivity index (χ3v) is 6.14. The first-order valence-corrected chi connectivity index (χ1v) is 12.5.